The molecule has 2 aromatic rings. The van der Waals surface area contributed by atoms with Gasteiger partial charge in [0.05, 0.1) is 32.8 Å². The molecular weight excluding hydrogens is 348 g/mol. The largest absolute Gasteiger partial charge is 0.377 e. The Balaban J connectivity index is 1.62. The van der Waals surface area contributed by atoms with Crippen molar-refractivity contribution >= 4 is 23.2 Å². The van der Waals surface area contributed by atoms with E-state index < -0.39 is 0 Å². The summed E-state index contributed by atoms with van der Waals surface area (Å²) in [5, 5.41) is 1.01. The van der Waals surface area contributed by atoms with Crippen LogP contribution in [0.3, 0.4) is 0 Å². The zero-order valence-electron chi connectivity index (χ0n) is 15.5. The summed E-state index contributed by atoms with van der Waals surface area (Å²) in [6, 6.07) is 1.88. The lowest BCUT2D eigenvalue weighted by Crippen LogP contribution is -2.53. The molecule has 2 fully saturated rings. The van der Waals surface area contributed by atoms with Crippen molar-refractivity contribution in [3.63, 3.8) is 0 Å². The second kappa shape index (κ2) is 6.70. The van der Waals surface area contributed by atoms with Crippen LogP contribution in [0.1, 0.15) is 42.8 Å². The highest BCUT2D eigenvalue weighted by Crippen LogP contribution is 2.49. The molecule has 2 aliphatic rings. The van der Waals surface area contributed by atoms with Crippen molar-refractivity contribution < 1.29 is 9.53 Å². The molecule has 0 aromatic carbocycles. The van der Waals surface area contributed by atoms with Crippen LogP contribution >= 0.6 is 11.3 Å². The van der Waals surface area contributed by atoms with E-state index in [9.17, 15) is 4.79 Å². The highest BCUT2D eigenvalue weighted by Gasteiger charge is 2.53. The Morgan fingerprint density at radius 2 is 2.12 bits per heavy atom. The van der Waals surface area contributed by atoms with Crippen LogP contribution in [0.25, 0.3) is 10.6 Å². The van der Waals surface area contributed by atoms with E-state index in [0.29, 0.717) is 5.95 Å². The van der Waals surface area contributed by atoms with E-state index in [4.69, 9.17) is 4.74 Å². The van der Waals surface area contributed by atoms with Gasteiger partial charge in [-0.15, -0.1) is 11.3 Å². The fourth-order valence-electron chi connectivity index (χ4n) is 4.07. The number of ether oxygens (including phenoxy) is 1. The summed E-state index contributed by atoms with van der Waals surface area (Å²) >= 11 is 1.61. The molecule has 1 atom stereocenters. The van der Waals surface area contributed by atoms with Crippen molar-refractivity contribution in [1.82, 2.24) is 15.0 Å². The lowest BCUT2D eigenvalue weighted by atomic mass is 9.63. The van der Waals surface area contributed by atoms with E-state index in [1.54, 1.807) is 29.5 Å². The van der Waals surface area contributed by atoms with Crippen LogP contribution in [0, 0.1) is 19.3 Å². The number of carbonyl (C=O) groups excluding carboxylic acids is 1. The van der Waals surface area contributed by atoms with Crippen molar-refractivity contribution in [2.45, 2.75) is 52.1 Å². The number of aryl methyl sites for hydroxylation is 2. The van der Waals surface area contributed by atoms with Crippen molar-refractivity contribution in [3.8, 4) is 10.6 Å². The molecule has 1 unspecified atom stereocenters. The van der Waals surface area contributed by atoms with Crippen LogP contribution in [0.15, 0.2) is 12.3 Å². The van der Waals surface area contributed by atoms with Crippen LogP contribution < -0.4 is 4.90 Å². The maximum atomic E-state index is 13.3. The SMILES string of the molecule is Cc1nc(C)c(-c2ccnc(N(C)C(=O)C3(C4CCCO4)CCC3)n2)s1. The van der Waals surface area contributed by atoms with Crippen LogP contribution in [0.2, 0.25) is 0 Å². The van der Waals surface area contributed by atoms with E-state index in [0.717, 1.165) is 60.0 Å². The minimum absolute atomic E-state index is 0.0424. The Morgan fingerprint density at radius 3 is 2.69 bits per heavy atom. The van der Waals surface area contributed by atoms with Gasteiger partial charge in [-0.25, -0.2) is 15.0 Å². The molecule has 1 saturated carbocycles. The first-order chi connectivity index (χ1) is 12.5. The van der Waals surface area contributed by atoms with Crippen molar-refractivity contribution in [1.29, 1.82) is 0 Å². The molecule has 2 aromatic heterocycles. The first-order valence-corrected chi connectivity index (χ1v) is 10.00. The number of carbonyl (C=O) groups is 1. The van der Waals surface area contributed by atoms with Gasteiger partial charge in [-0.2, -0.15) is 0 Å². The summed E-state index contributed by atoms with van der Waals surface area (Å²) < 4.78 is 5.88. The summed E-state index contributed by atoms with van der Waals surface area (Å²) in [6.07, 6.45) is 6.65. The number of hydrogen-bond donors (Lipinski definition) is 0. The maximum Gasteiger partial charge on any atom is 0.237 e. The van der Waals surface area contributed by atoms with Gasteiger partial charge in [-0.3, -0.25) is 9.69 Å². The Morgan fingerprint density at radius 1 is 1.31 bits per heavy atom. The number of amides is 1. The molecule has 1 aliphatic heterocycles. The van der Waals surface area contributed by atoms with Gasteiger partial charge in [0.25, 0.3) is 0 Å². The summed E-state index contributed by atoms with van der Waals surface area (Å²) in [6.45, 7) is 4.73. The second-order valence-electron chi connectivity index (χ2n) is 7.26. The second-order valence-corrected chi connectivity index (χ2v) is 8.47. The Hall–Kier alpha value is -1.86. The smallest absolute Gasteiger partial charge is 0.237 e. The van der Waals surface area contributed by atoms with Gasteiger partial charge in [0.1, 0.15) is 0 Å². The monoisotopic (exact) mass is 372 g/mol. The first kappa shape index (κ1) is 17.5. The molecule has 4 rings (SSSR count). The maximum absolute atomic E-state index is 13.3. The van der Waals surface area contributed by atoms with Gasteiger partial charge in [-0.05, 0) is 45.6 Å². The molecule has 0 radical (unpaired) electrons. The Bertz CT molecular complexity index is 825. The lowest BCUT2D eigenvalue weighted by molar-refractivity contribution is -0.144. The highest BCUT2D eigenvalue weighted by molar-refractivity contribution is 7.15. The van der Waals surface area contributed by atoms with Crippen molar-refractivity contribution in [2.75, 3.05) is 18.6 Å². The topological polar surface area (TPSA) is 68.2 Å². The van der Waals surface area contributed by atoms with E-state index >= 15 is 0 Å². The van der Waals surface area contributed by atoms with Gasteiger partial charge < -0.3 is 4.74 Å². The number of thiazole rings is 1. The van der Waals surface area contributed by atoms with Crippen LogP contribution in [0.5, 0.6) is 0 Å². The zero-order chi connectivity index (χ0) is 18.3. The standard InChI is InChI=1S/C19H24N4O2S/c1-12-16(26-13(2)21-12)14-7-10-20-18(22-14)23(3)17(24)19(8-5-9-19)15-6-4-11-25-15/h7,10,15H,4-6,8-9,11H2,1-3H3. The third-order valence-electron chi connectivity index (χ3n) is 5.60. The van der Waals surface area contributed by atoms with E-state index in [1.165, 1.54) is 0 Å². The van der Waals surface area contributed by atoms with Gasteiger partial charge in [0, 0.05) is 19.9 Å². The average molecular weight is 372 g/mol. The fourth-order valence-corrected chi connectivity index (χ4v) is 4.96. The Labute approximate surface area is 157 Å². The molecule has 26 heavy (non-hydrogen) atoms. The lowest BCUT2D eigenvalue weighted by Gasteiger charge is -2.45. The molecule has 0 bridgehead atoms. The number of anilines is 1. The van der Waals surface area contributed by atoms with Gasteiger partial charge >= 0.3 is 0 Å². The quantitative estimate of drug-likeness (QED) is 0.821. The molecule has 6 nitrogen and oxygen atoms in total. The van der Waals surface area contributed by atoms with Crippen LogP contribution in [0.4, 0.5) is 5.95 Å². The molecule has 7 heteroatoms. The number of rotatable bonds is 4. The predicted molar refractivity (Wildman–Crippen MR) is 101 cm³/mol. The summed E-state index contributed by atoms with van der Waals surface area (Å²) in [5.41, 5.74) is 1.39. The molecule has 1 amide bonds. The van der Waals surface area contributed by atoms with Gasteiger partial charge in [-0.1, -0.05) is 6.42 Å². The summed E-state index contributed by atoms with van der Waals surface area (Å²) in [4.78, 5) is 29.5. The zero-order valence-corrected chi connectivity index (χ0v) is 16.3. The highest BCUT2D eigenvalue weighted by atomic mass is 32.1. The molecular formula is C19H24N4O2S. The van der Waals surface area contributed by atoms with Crippen molar-refractivity contribution in [3.05, 3.63) is 23.0 Å². The first-order valence-electron chi connectivity index (χ1n) is 9.18. The number of nitrogens with zero attached hydrogens (tertiary/aromatic N) is 4. The molecule has 3 heterocycles. The van der Waals surface area contributed by atoms with E-state index in [2.05, 4.69) is 15.0 Å². The fraction of sp³-hybridized carbons (Fsp3) is 0.579. The molecule has 0 N–H and O–H groups in total. The minimum Gasteiger partial charge on any atom is -0.377 e. The van der Waals surface area contributed by atoms with Crippen LogP contribution in [-0.2, 0) is 9.53 Å². The summed E-state index contributed by atoms with van der Waals surface area (Å²) in [7, 11) is 1.78. The third kappa shape index (κ3) is 2.83. The Kier molecular flexibility index (Phi) is 4.52. The third-order valence-corrected chi connectivity index (χ3v) is 6.70. The number of aromatic nitrogens is 3. The van der Waals surface area contributed by atoms with E-state index in [-0.39, 0.29) is 17.4 Å². The van der Waals surface area contributed by atoms with Gasteiger partial charge in [0.15, 0.2) is 0 Å². The number of hydrogen-bond acceptors (Lipinski definition) is 6. The predicted octanol–water partition coefficient (Wildman–Crippen LogP) is 3.53. The molecule has 0 spiro atoms. The molecule has 138 valence electrons. The minimum atomic E-state index is -0.387. The van der Waals surface area contributed by atoms with Gasteiger partial charge in [0.2, 0.25) is 11.9 Å². The van der Waals surface area contributed by atoms with Crippen molar-refractivity contribution in [2.24, 2.45) is 5.41 Å². The molecule has 1 saturated heterocycles. The summed E-state index contributed by atoms with van der Waals surface area (Å²) in [5.74, 6) is 0.534. The normalized spacial score (nSPS) is 21.4. The van der Waals surface area contributed by atoms with Crippen LogP contribution in [-0.4, -0.2) is 40.6 Å². The van der Waals surface area contributed by atoms with E-state index in [1.807, 2.05) is 19.9 Å². The molecule has 1 aliphatic carbocycles. The average Bonchev–Trinajstić information content (AvgIpc) is 3.23.